The topological polar surface area (TPSA) is 41.6 Å². The molecule has 0 fully saturated rings. The van der Waals surface area contributed by atoms with Crippen LogP contribution in [0.3, 0.4) is 0 Å². The van der Waals surface area contributed by atoms with E-state index in [9.17, 15) is 9.18 Å². The van der Waals surface area contributed by atoms with Gasteiger partial charge in [-0.3, -0.25) is 5.32 Å². The third-order valence-corrected chi connectivity index (χ3v) is 3.65. The summed E-state index contributed by atoms with van der Waals surface area (Å²) in [4.78, 5) is 14.2. The maximum Gasteiger partial charge on any atom is 0.327 e. The second-order valence-corrected chi connectivity index (χ2v) is 4.94. The maximum absolute atomic E-state index is 13.2. The van der Waals surface area contributed by atoms with Crippen molar-refractivity contribution in [3.8, 4) is 0 Å². The second kappa shape index (κ2) is 8.74. The highest BCUT2D eigenvalue weighted by Crippen LogP contribution is 2.20. The fraction of sp³-hybridized carbons (Fsp3) is 0.562. The smallest absolute Gasteiger partial charge is 0.327 e. The van der Waals surface area contributed by atoms with E-state index in [2.05, 4.69) is 24.1 Å². The molecule has 0 aliphatic carbocycles. The van der Waals surface area contributed by atoms with Crippen LogP contribution in [0.15, 0.2) is 18.2 Å². The number of likely N-dealkylation sites (N-methyl/N-ethyl adjacent to an activating group) is 1. The first-order valence-electron chi connectivity index (χ1n) is 7.33. The Balaban J connectivity index is 2.79. The Hall–Kier alpha value is -1.46. The minimum absolute atomic E-state index is 0.303. The van der Waals surface area contributed by atoms with Gasteiger partial charge in [-0.25, -0.2) is 9.18 Å². The number of carbonyl (C=O) groups excluding carboxylic acids is 1. The van der Waals surface area contributed by atoms with Crippen LogP contribution in [-0.2, 0) is 9.53 Å². The summed E-state index contributed by atoms with van der Waals surface area (Å²) in [5, 5.41) is 3.21. The first-order valence-corrected chi connectivity index (χ1v) is 7.33. The molecule has 1 aromatic rings. The van der Waals surface area contributed by atoms with Crippen LogP contribution in [0.25, 0.3) is 0 Å². The van der Waals surface area contributed by atoms with Crippen LogP contribution in [0.2, 0.25) is 0 Å². The molecule has 0 aliphatic rings. The zero-order valence-corrected chi connectivity index (χ0v) is 13.3. The molecule has 4 nitrogen and oxygen atoms in total. The number of rotatable bonds is 8. The lowest BCUT2D eigenvalue weighted by atomic mass is 10.0. The summed E-state index contributed by atoms with van der Waals surface area (Å²) < 4.78 is 18.1. The highest BCUT2D eigenvalue weighted by Gasteiger charge is 2.22. The normalized spacial score (nSPS) is 12.5. The Morgan fingerprint density at radius 3 is 2.57 bits per heavy atom. The van der Waals surface area contributed by atoms with Crippen LogP contribution >= 0.6 is 0 Å². The van der Waals surface area contributed by atoms with E-state index in [1.54, 1.807) is 13.0 Å². The van der Waals surface area contributed by atoms with Crippen molar-refractivity contribution < 1.29 is 13.9 Å². The summed E-state index contributed by atoms with van der Waals surface area (Å²) in [6, 6.07) is 3.87. The van der Waals surface area contributed by atoms with Crippen molar-refractivity contribution in [2.75, 3.05) is 33.3 Å². The number of carbonyl (C=O) groups is 1. The molecule has 0 heterocycles. The molecule has 0 aliphatic heterocycles. The molecule has 1 N–H and O–H groups in total. The third kappa shape index (κ3) is 5.10. The summed E-state index contributed by atoms with van der Waals surface area (Å²) in [6.45, 7) is 9.45. The number of nitrogens with one attached hydrogen (secondary N) is 1. The van der Waals surface area contributed by atoms with Gasteiger partial charge in [-0.05, 0) is 43.3 Å². The zero-order valence-electron chi connectivity index (χ0n) is 13.3. The van der Waals surface area contributed by atoms with Crippen LogP contribution in [0, 0.1) is 12.7 Å². The predicted octanol–water partition coefficient (Wildman–Crippen LogP) is 2.28. The Kier molecular flexibility index (Phi) is 7.32. The lowest BCUT2D eigenvalue weighted by molar-refractivity contribution is -0.143. The van der Waals surface area contributed by atoms with Gasteiger partial charge >= 0.3 is 5.97 Å². The van der Waals surface area contributed by atoms with E-state index in [-0.39, 0.29) is 11.8 Å². The van der Waals surface area contributed by atoms with Gasteiger partial charge in [0.15, 0.2) is 0 Å². The quantitative estimate of drug-likeness (QED) is 0.747. The second-order valence-electron chi connectivity index (χ2n) is 4.94. The monoisotopic (exact) mass is 296 g/mol. The van der Waals surface area contributed by atoms with E-state index in [0.717, 1.165) is 30.8 Å². The standard InChI is InChI=1S/C16H25FN2O2/c1-5-19(6-2)10-9-18-15(16(20)21-4)14-8-7-13(17)11-12(14)3/h7-8,11,15,18H,5-6,9-10H2,1-4H3. The van der Waals surface area contributed by atoms with Crippen LogP contribution in [-0.4, -0.2) is 44.2 Å². The van der Waals surface area contributed by atoms with E-state index in [4.69, 9.17) is 4.74 Å². The Labute approximate surface area is 126 Å². The van der Waals surface area contributed by atoms with Crippen molar-refractivity contribution in [3.05, 3.63) is 35.1 Å². The van der Waals surface area contributed by atoms with Crippen LogP contribution < -0.4 is 5.32 Å². The van der Waals surface area contributed by atoms with Crippen molar-refractivity contribution in [3.63, 3.8) is 0 Å². The number of ether oxygens (including phenoxy) is 1. The lowest BCUT2D eigenvalue weighted by Gasteiger charge is -2.22. The van der Waals surface area contributed by atoms with Crippen LogP contribution in [0.4, 0.5) is 4.39 Å². The molecule has 5 heteroatoms. The van der Waals surface area contributed by atoms with Crippen molar-refractivity contribution in [1.29, 1.82) is 0 Å². The van der Waals surface area contributed by atoms with Gasteiger partial charge in [0.25, 0.3) is 0 Å². The van der Waals surface area contributed by atoms with Crippen LogP contribution in [0.5, 0.6) is 0 Å². The van der Waals surface area contributed by atoms with Gasteiger partial charge in [0.1, 0.15) is 11.9 Å². The number of hydrogen-bond acceptors (Lipinski definition) is 4. The molecule has 0 spiro atoms. The highest BCUT2D eigenvalue weighted by atomic mass is 19.1. The maximum atomic E-state index is 13.2. The number of benzene rings is 1. The molecule has 1 atom stereocenters. The number of nitrogens with zero attached hydrogens (tertiary/aromatic N) is 1. The van der Waals surface area contributed by atoms with Gasteiger partial charge in [0.05, 0.1) is 7.11 Å². The molecular formula is C16H25FN2O2. The van der Waals surface area contributed by atoms with E-state index >= 15 is 0 Å². The first kappa shape index (κ1) is 17.6. The Morgan fingerprint density at radius 1 is 1.38 bits per heavy atom. The molecule has 1 aromatic carbocycles. The van der Waals surface area contributed by atoms with Crippen molar-refractivity contribution >= 4 is 5.97 Å². The van der Waals surface area contributed by atoms with Crippen LogP contribution in [0.1, 0.15) is 31.0 Å². The fourth-order valence-corrected chi connectivity index (χ4v) is 2.31. The van der Waals surface area contributed by atoms with Crippen molar-refractivity contribution in [1.82, 2.24) is 10.2 Å². The van der Waals surface area contributed by atoms with Crippen molar-refractivity contribution in [2.45, 2.75) is 26.8 Å². The minimum atomic E-state index is -0.564. The summed E-state index contributed by atoms with van der Waals surface area (Å²) in [5.74, 6) is -0.660. The molecule has 0 amide bonds. The molecule has 118 valence electrons. The summed E-state index contributed by atoms with van der Waals surface area (Å²) in [5.41, 5.74) is 1.49. The molecule has 0 saturated carbocycles. The van der Waals surface area contributed by atoms with Gasteiger partial charge in [-0.15, -0.1) is 0 Å². The van der Waals surface area contributed by atoms with E-state index < -0.39 is 6.04 Å². The van der Waals surface area contributed by atoms with Gasteiger partial charge in [0.2, 0.25) is 0 Å². The number of halogens is 1. The molecule has 0 aromatic heterocycles. The van der Waals surface area contributed by atoms with Gasteiger partial charge < -0.3 is 9.64 Å². The largest absolute Gasteiger partial charge is 0.468 e. The third-order valence-electron chi connectivity index (χ3n) is 3.65. The molecule has 1 rings (SSSR count). The van der Waals surface area contributed by atoms with Gasteiger partial charge in [-0.1, -0.05) is 19.9 Å². The minimum Gasteiger partial charge on any atom is -0.468 e. The average molecular weight is 296 g/mol. The number of hydrogen-bond donors (Lipinski definition) is 1. The Morgan fingerprint density at radius 2 is 2.05 bits per heavy atom. The predicted molar refractivity (Wildman–Crippen MR) is 81.7 cm³/mol. The molecule has 0 bridgehead atoms. The molecule has 0 radical (unpaired) electrons. The fourth-order valence-electron chi connectivity index (χ4n) is 2.31. The van der Waals surface area contributed by atoms with Gasteiger partial charge in [0, 0.05) is 13.1 Å². The van der Waals surface area contributed by atoms with Crippen molar-refractivity contribution in [2.24, 2.45) is 0 Å². The molecule has 21 heavy (non-hydrogen) atoms. The molecule has 1 unspecified atom stereocenters. The molecular weight excluding hydrogens is 271 g/mol. The summed E-state index contributed by atoms with van der Waals surface area (Å²) in [6.07, 6.45) is 0. The molecule has 0 saturated heterocycles. The van der Waals surface area contributed by atoms with Gasteiger partial charge in [-0.2, -0.15) is 0 Å². The number of esters is 1. The SMILES string of the molecule is CCN(CC)CCNC(C(=O)OC)c1ccc(F)cc1C. The lowest BCUT2D eigenvalue weighted by Crippen LogP contribution is -2.37. The Bertz CT molecular complexity index is 462. The first-order chi connectivity index (χ1) is 10.0. The summed E-state index contributed by atoms with van der Waals surface area (Å²) >= 11 is 0. The van der Waals surface area contributed by atoms with E-state index in [1.807, 2.05) is 0 Å². The zero-order chi connectivity index (χ0) is 15.8. The highest BCUT2D eigenvalue weighted by molar-refractivity contribution is 5.78. The van der Waals surface area contributed by atoms with E-state index in [0.29, 0.717) is 6.54 Å². The average Bonchev–Trinajstić information content (AvgIpc) is 2.48. The van der Waals surface area contributed by atoms with E-state index in [1.165, 1.54) is 19.2 Å². The number of aryl methyl sites for hydroxylation is 1. The summed E-state index contributed by atoms with van der Waals surface area (Å²) in [7, 11) is 1.36. The number of methoxy groups -OCH3 is 1.